The molecule has 1 amide bonds. The first-order valence-electron chi connectivity index (χ1n) is 10.2. The Hall–Kier alpha value is -2.12. The Morgan fingerprint density at radius 2 is 2.14 bits per heavy atom. The first-order chi connectivity index (χ1) is 14.2. The molecule has 5 nitrogen and oxygen atoms in total. The predicted molar refractivity (Wildman–Crippen MR) is 119 cm³/mol. The molecule has 7 heteroatoms. The van der Waals surface area contributed by atoms with Gasteiger partial charge < -0.3 is 10.3 Å². The van der Waals surface area contributed by atoms with Crippen LogP contribution in [0.1, 0.15) is 52.7 Å². The summed E-state index contributed by atoms with van der Waals surface area (Å²) in [5.74, 6) is 1.59. The summed E-state index contributed by atoms with van der Waals surface area (Å²) in [7, 11) is 0. The van der Waals surface area contributed by atoms with Gasteiger partial charge in [-0.15, -0.1) is 23.1 Å². The lowest BCUT2D eigenvalue weighted by Gasteiger charge is -2.26. The zero-order chi connectivity index (χ0) is 19.8. The Labute approximate surface area is 177 Å². The summed E-state index contributed by atoms with van der Waals surface area (Å²) in [4.78, 5) is 34.7. The number of thioether (sulfide) groups is 1. The zero-order valence-electron chi connectivity index (χ0n) is 16.1. The Bertz CT molecular complexity index is 1130. The number of hydrogen-bond donors (Lipinski definition) is 2. The maximum atomic E-state index is 12.5. The fourth-order valence-electron chi connectivity index (χ4n) is 4.50. The van der Waals surface area contributed by atoms with E-state index in [1.165, 1.54) is 33.3 Å². The van der Waals surface area contributed by atoms with Gasteiger partial charge in [0.1, 0.15) is 10.7 Å². The van der Waals surface area contributed by atoms with Gasteiger partial charge in [0.2, 0.25) is 5.91 Å². The third-order valence-corrected chi connectivity index (χ3v) is 7.93. The molecule has 1 unspecified atom stereocenters. The number of amides is 1. The molecule has 1 aromatic carbocycles. The van der Waals surface area contributed by atoms with Crippen molar-refractivity contribution in [3.05, 3.63) is 62.0 Å². The number of rotatable bonds is 5. The van der Waals surface area contributed by atoms with Crippen LogP contribution in [-0.4, -0.2) is 21.6 Å². The quantitative estimate of drug-likeness (QED) is 0.650. The summed E-state index contributed by atoms with van der Waals surface area (Å²) in [6.07, 6.45) is 6.36. The Morgan fingerprint density at radius 3 is 3.07 bits per heavy atom. The molecule has 0 bridgehead atoms. The van der Waals surface area contributed by atoms with E-state index in [0.29, 0.717) is 17.3 Å². The molecule has 2 N–H and O–H groups in total. The second-order valence-electron chi connectivity index (χ2n) is 7.75. The maximum Gasteiger partial charge on any atom is 0.259 e. The summed E-state index contributed by atoms with van der Waals surface area (Å²) >= 11 is 3.14. The van der Waals surface area contributed by atoms with E-state index in [9.17, 15) is 9.59 Å². The van der Waals surface area contributed by atoms with Gasteiger partial charge in [-0.05, 0) is 55.2 Å². The van der Waals surface area contributed by atoms with Crippen LogP contribution >= 0.6 is 23.1 Å². The molecule has 0 saturated heterocycles. The van der Waals surface area contributed by atoms with Gasteiger partial charge in [-0.25, -0.2) is 4.98 Å². The SMILES string of the molecule is O=C(CSCc1nc2sc3c(c2c(=O)[nH]1)CCC3)NC1CCCc2ccccc21. The molecule has 0 radical (unpaired) electrons. The fraction of sp³-hybridized carbons (Fsp3) is 0.409. The first-order valence-corrected chi connectivity index (χ1v) is 12.1. The van der Waals surface area contributed by atoms with Crippen molar-refractivity contribution in [1.29, 1.82) is 0 Å². The molecule has 150 valence electrons. The number of benzene rings is 1. The van der Waals surface area contributed by atoms with Crippen molar-refractivity contribution in [2.45, 2.75) is 50.3 Å². The van der Waals surface area contributed by atoms with Gasteiger partial charge >= 0.3 is 0 Å². The van der Waals surface area contributed by atoms with E-state index in [2.05, 4.69) is 33.5 Å². The second-order valence-corrected chi connectivity index (χ2v) is 9.82. The van der Waals surface area contributed by atoms with Crippen molar-refractivity contribution < 1.29 is 4.79 Å². The molecule has 2 aliphatic rings. The van der Waals surface area contributed by atoms with Crippen LogP contribution in [0.4, 0.5) is 0 Å². The second kappa shape index (κ2) is 7.95. The Kier molecular flexibility index (Phi) is 5.18. The fourth-order valence-corrected chi connectivity index (χ4v) is 6.48. The van der Waals surface area contributed by atoms with Gasteiger partial charge in [-0.1, -0.05) is 24.3 Å². The molecule has 0 spiro atoms. The van der Waals surface area contributed by atoms with Crippen LogP contribution in [0.25, 0.3) is 10.2 Å². The lowest BCUT2D eigenvalue weighted by Crippen LogP contribution is -2.32. The van der Waals surface area contributed by atoms with E-state index >= 15 is 0 Å². The average Bonchev–Trinajstić information content (AvgIpc) is 3.29. The molecule has 5 rings (SSSR count). The minimum absolute atomic E-state index is 0.0340. The van der Waals surface area contributed by atoms with Gasteiger partial charge in [0.25, 0.3) is 5.56 Å². The third-order valence-electron chi connectivity index (χ3n) is 5.80. The van der Waals surface area contributed by atoms with Crippen molar-refractivity contribution in [2.24, 2.45) is 0 Å². The topological polar surface area (TPSA) is 74.8 Å². The standard InChI is InChI=1S/C22H23N3O2S2/c26-19(23-16-9-3-6-13-5-1-2-7-14(13)16)12-28-11-18-24-21(27)20-15-8-4-10-17(15)29-22(20)25-18/h1-2,5,7,16H,3-4,6,8-12H2,(H,23,26)(H,24,25,27). The first kappa shape index (κ1) is 18.9. The molecule has 3 aromatic rings. The van der Waals surface area contributed by atoms with Crippen LogP contribution in [-0.2, 0) is 29.8 Å². The van der Waals surface area contributed by atoms with Crippen molar-refractivity contribution in [3.8, 4) is 0 Å². The summed E-state index contributed by atoms with van der Waals surface area (Å²) in [5, 5.41) is 3.96. The number of aryl methyl sites for hydroxylation is 3. The minimum Gasteiger partial charge on any atom is -0.349 e. The lowest BCUT2D eigenvalue weighted by atomic mass is 9.88. The molecule has 0 aliphatic heterocycles. The number of fused-ring (bicyclic) bond motifs is 4. The third kappa shape index (κ3) is 3.73. The molecule has 1 atom stereocenters. The van der Waals surface area contributed by atoms with Gasteiger partial charge in [-0.3, -0.25) is 9.59 Å². The van der Waals surface area contributed by atoms with Crippen molar-refractivity contribution in [2.75, 3.05) is 5.75 Å². The number of hydrogen-bond acceptors (Lipinski definition) is 5. The van der Waals surface area contributed by atoms with Crippen LogP contribution in [0.15, 0.2) is 29.1 Å². The average molecular weight is 426 g/mol. The molecule has 0 fully saturated rings. The van der Waals surface area contributed by atoms with Crippen LogP contribution in [0.2, 0.25) is 0 Å². The lowest BCUT2D eigenvalue weighted by molar-refractivity contribution is -0.119. The normalized spacial score (nSPS) is 17.9. The number of carbonyl (C=O) groups excluding carboxylic acids is 1. The molecule has 2 aromatic heterocycles. The van der Waals surface area contributed by atoms with E-state index in [1.54, 1.807) is 11.3 Å². The van der Waals surface area contributed by atoms with Gasteiger partial charge in [-0.2, -0.15) is 0 Å². The number of thiophene rings is 1. The predicted octanol–water partition coefficient (Wildman–Crippen LogP) is 3.90. The summed E-state index contributed by atoms with van der Waals surface area (Å²) in [6.45, 7) is 0. The molecule has 29 heavy (non-hydrogen) atoms. The molecular weight excluding hydrogens is 402 g/mol. The minimum atomic E-state index is -0.0340. The highest BCUT2D eigenvalue weighted by atomic mass is 32.2. The van der Waals surface area contributed by atoms with Gasteiger partial charge in [0.05, 0.1) is 22.9 Å². The monoisotopic (exact) mass is 425 g/mol. The van der Waals surface area contributed by atoms with E-state index in [-0.39, 0.29) is 17.5 Å². The zero-order valence-corrected chi connectivity index (χ0v) is 17.8. The Morgan fingerprint density at radius 1 is 1.24 bits per heavy atom. The van der Waals surface area contributed by atoms with Crippen LogP contribution < -0.4 is 10.9 Å². The summed E-state index contributed by atoms with van der Waals surface area (Å²) in [5.41, 5.74) is 3.76. The van der Waals surface area contributed by atoms with Crippen LogP contribution in [0.5, 0.6) is 0 Å². The van der Waals surface area contributed by atoms with E-state index in [1.807, 2.05) is 6.07 Å². The number of nitrogens with zero attached hydrogens (tertiary/aromatic N) is 1. The van der Waals surface area contributed by atoms with Crippen LogP contribution in [0.3, 0.4) is 0 Å². The van der Waals surface area contributed by atoms with Gasteiger partial charge in [0, 0.05) is 4.88 Å². The number of H-pyrrole nitrogens is 1. The molecular formula is C22H23N3O2S2. The molecule has 0 saturated carbocycles. The van der Waals surface area contributed by atoms with Crippen molar-refractivity contribution in [1.82, 2.24) is 15.3 Å². The highest BCUT2D eigenvalue weighted by molar-refractivity contribution is 7.99. The highest BCUT2D eigenvalue weighted by Gasteiger charge is 2.22. The number of aromatic amines is 1. The van der Waals surface area contributed by atoms with Crippen molar-refractivity contribution >= 4 is 39.2 Å². The van der Waals surface area contributed by atoms with Crippen LogP contribution in [0, 0.1) is 0 Å². The Balaban J connectivity index is 1.21. The maximum absolute atomic E-state index is 12.5. The highest BCUT2D eigenvalue weighted by Crippen LogP contribution is 2.34. The molecule has 2 aliphatic carbocycles. The van der Waals surface area contributed by atoms with E-state index < -0.39 is 0 Å². The van der Waals surface area contributed by atoms with E-state index in [0.717, 1.165) is 48.7 Å². The molecule has 2 heterocycles. The smallest absolute Gasteiger partial charge is 0.259 e. The van der Waals surface area contributed by atoms with Crippen molar-refractivity contribution in [3.63, 3.8) is 0 Å². The summed E-state index contributed by atoms with van der Waals surface area (Å²) in [6, 6.07) is 8.48. The van der Waals surface area contributed by atoms with Gasteiger partial charge in [0.15, 0.2) is 0 Å². The van der Waals surface area contributed by atoms with E-state index in [4.69, 9.17) is 0 Å². The number of nitrogens with one attached hydrogen (secondary N) is 2. The largest absolute Gasteiger partial charge is 0.349 e. The summed E-state index contributed by atoms with van der Waals surface area (Å²) < 4.78 is 0. The number of carbonyl (C=O) groups is 1. The number of aromatic nitrogens is 2.